The second-order valence-corrected chi connectivity index (χ2v) is 5.74. The summed E-state index contributed by atoms with van der Waals surface area (Å²) in [6.07, 6.45) is 7.51. The van der Waals surface area contributed by atoms with Crippen molar-refractivity contribution in [1.29, 1.82) is 0 Å². The van der Waals surface area contributed by atoms with Crippen LogP contribution in [-0.4, -0.2) is 17.0 Å². The summed E-state index contributed by atoms with van der Waals surface area (Å²) in [6.45, 7) is 4.46. The molecule has 0 fully saturated rings. The normalized spacial score (nSPS) is 19.6. The highest BCUT2D eigenvalue weighted by Crippen LogP contribution is 2.23. The lowest BCUT2D eigenvalue weighted by Crippen LogP contribution is -2.39. The number of hydrogen-bond donors (Lipinski definition) is 2. The van der Waals surface area contributed by atoms with E-state index in [2.05, 4.69) is 25.3 Å². The lowest BCUT2D eigenvalue weighted by molar-refractivity contribution is 0.582. The van der Waals surface area contributed by atoms with Crippen molar-refractivity contribution >= 4 is 11.8 Å². The van der Waals surface area contributed by atoms with E-state index in [4.69, 9.17) is 5.84 Å². The van der Waals surface area contributed by atoms with Crippen molar-refractivity contribution in [1.82, 2.24) is 5.43 Å². The summed E-state index contributed by atoms with van der Waals surface area (Å²) in [5, 5.41) is 0.690. The Labute approximate surface area is 91.7 Å². The van der Waals surface area contributed by atoms with E-state index in [1.807, 2.05) is 11.8 Å². The molecular formula is C11H22N2S. The molecule has 1 atom stereocenters. The Kier molecular flexibility index (Phi) is 5.60. The molecular weight excluding hydrogens is 192 g/mol. The van der Waals surface area contributed by atoms with Gasteiger partial charge in [-0.2, -0.15) is 11.8 Å². The third-order valence-electron chi connectivity index (χ3n) is 2.57. The number of hydrogen-bond acceptors (Lipinski definition) is 3. The molecule has 0 aromatic carbocycles. The molecule has 0 heterocycles. The largest absolute Gasteiger partial charge is 0.271 e. The molecule has 0 saturated carbocycles. The van der Waals surface area contributed by atoms with E-state index in [-0.39, 0.29) is 0 Å². The highest BCUT2D eigenvalue weighted by Gasteiger charge is 2.15. The molecule has 2 nitrogen and oxygen atoms in total. The third-order valence-corrected chi connectivity index (χ3v) is 3.76. The summed E-state index contributed by atoms with van der Waals surface area (Å²) in [6, 6.07) is 0.391. The number of thioether (sulfide) groups is 1. The molecule has 14 heavy (non-hydrogen) atoms. The second kappa shape index (κ2) is 6.49. The number of hydrazine groups is 1. The number of allylic oxidation sites excluding steroid dienone is 1. The van der Waals surface area contributed by atoms with Crippen LogP contribution in [0.5, 0.6) is 0 Å². The van der Waals surface area contributed by atoms with Gasteiger partial charge in [-0.3, -0.25) is 11.3 Å². The first kappa shape index (κ1) is 12.1. The zero-order valence-corrected chi connectivity index (χ0v) is 10.1. The fraction of sp³-hybridized carbons (Fsp3) is 0.818. The van der Waals surface area contributed by atoms with Crippen LogP contribution < -0.4 is 11.3 Å². The van der Waals surface area contributed by atoms with E-state index in [0.717, 1.165) is 5.75 Å². The second-order valence-electron chi connectivity index (χ2n) is 4.13. The number of nitrogens with one attached hydrogen (secondary N) is 1. The molecule has 0 amide bonds. The highest BCUT2D eigenvalue weighted by molar-refractivity contribution is 7.99. The van der Waals surface area contributed by atoms with Crippen LogP contribution in [0.1, 0.15) is 39.5 Å². The summed E-state index contributed by atoms with van der Waals surface area (Å²) >= 11 is 1.97. The van der Waals surface area contributed by atoms with E-state index in [9.17, 15) is 0 Å². The SMILES string of the molecule is CC(C)SCC(NN)C1=CCCCC1. The smallest absolute Gasteiger partial charge is 0.0510 e. The van der Waals surface area contributed by atoms with E-state index in [1.54, 1.807) is 0 Å². The first-order valence-electron chi connectivity index (χ1n) is 5.50. The molecule has 1 unspecified atom stereocenters. The Balaban J connectivity index is 2.39. The summed E-state index contributed by atoms with van der Waals surface area (Å²) in [5.74, 6) is 6.68. The van der Waals surface area contributed by atoms with Crippen molar-refractivity contribution in [2.45, 2.75) is 50.8 Å². The standard InChI is InChI=1S/C11H22N2S/c1-9(2)14-8-11(13-12)10-6-4-3-5-7-10/h6,9,11,13H,3-5,7-8,12H2,1-2H3. The van der Waals surface area contributed by atoms with Crippen LogP contribution in [0, 0.1) is 0 Å². The van der Waals surface area contributed by atoms with Crippen molar-refractivity contribution in [3.8, 4) is 0 Å². The minimum Gasteiger partial charge on any atom is -0.271 e. The van der Waals surface area contributed by atoms with Crippen LogP contribution in [0.2, 0.25) is 0 Å². The van der Waals surface area contributed by atoms with E-state index in [0.29, 0.717) is 11.3 Å². The monoisotopic (exact) mass is 214 g/mol. The van der Waals surface area contributed by atoms with Crippen LogP contribution in [0.3, 0.4) is 0 Å². The van der Waals surface area contributed by atoms with E-state index in [1.165, 1.54) is 31.3 Å². The van der Waals surface area contributed by atoms with Gasteiger partial charge in [-0.15, -0.1) is 0 Å². The molecule has 1 rings (SSSR count). The van der Waals surface area contributed by atoms with Gasteiger partial charge in [-0.1, -0.05) is 25.5 Å². The van der Waals surface area contributed by atoms with Crippen LogP contribution in [0.4, 0.5) is 0 Å². The predicted molar refractivity (Wildman–Crippen MR) is 65.3 cm³/mol. The molecule has 0 spiro atoms. The predicted octanol–water partition coefficient (Wildman–Crippen LogP) is 2.46. The molecule has 3 heteroatoms. The Bertz CT molecular complexity index is 190. The molecule has 0 radical (unpaired) electrons. The summed E-state index contributed by atoms with van der Waals surface area (Å²) in [7, 11) is 0. The van der Waals surface area contributed by atoms with Gasteiger partial charge in [0.2, 0.25) is 0 Å². The van der Waals surface area contributed by atoms with Crippen LogP contribution in [0.25, 0.3) is 0 Å². The minimum atomic E-state index is 0.391. The topological polar surface area (TPSA) is 38.0 Å². The first-order valence-corrected chi connectivity index (χ1v) is 6.55. The highest BCUT2D eigenvalue weighted by atomic mass is 32.2. The average Bonchev–Trinajstić information content (AvgIpc) is 2.20. The Morgan fingerprint density at radius 2 is 2.29 bits per heavy atom. The van der Waals surface area contributed by atoms with Crippen LogP contribution in [-0.2, 0) is 0 Å². The maximum absolute atomic E-state index is 5.59. The van der Waals surface area contributed by atoms with Crippen molar-refractivity contribution in [3.63, 3.8) is 0 Å². The van der Waals surface area contributed by atoms with Gasteiger partial charge in [-0.25, -0.2) is 0 Å². The molecule has 0 aliphatic heterocycles. The molecule has 0 saturated heterocycles. The van der Waals surface area contributed by atoms with Gasteiger partial charge < -0.3 is 0 Å². The number of rotatable bonds is 5. The van der Waals surface area contributed by atoms with Gasteiger partial charge in [0.15, 0.2) is 0 Å². The maximum atomic E-state index is 5.59. The van der Waals surface area contributed by atoms with E-state index >= 15 is 0 Å². The molecule has 3 N–H and O–H groups in total. The van der Waals surface area contributed by atoms with Gasteiger partial charge in [0.05, 0.1) is 6.04 Å². The molecule has 82 valence electrons. The minimum absolute atomic E-state index is 0.391. The zero-order valence-electron chi connectivity index (χ0n) is 9.25. The van der Waals surface area contributed by atoms with Crippen molar-refractivity contribution in [3.05, 3.63) is 11.6 Å². The molecule has 1 aliphatic rings. The van der Waals surface area contributed by atoms with Crippen molar-refractivity contribution in [2.75, 3.05) is 5.75 Å². The Morgan fingerprint density at radius 1 is 1.50 bits per heavy atom. The molecule has 0 aromatic heterocycles. The Hall–Kier alpha value is 0.0100. The quantitative estimate of drug-likeness (QED) is 0.419. The van der Waals surface area contributed by atoms with Crippen molar-refractivity contribution in [2.24, 2.45) is 5.84 Å². The third kappa shape index (κ3) is 4.03. The zero-order chi connectivity index (χ0) is 10.4. The van der Waals surface area contributed by atoms with Crippen molar-refractivity contribution < 1.29 is 0 Å². The first-order chi connectivity index (χ1) is 6.74. The Morgan fingerprint density at radius 3 is 2.79 bits per heavy atom. The van der Waals surface area contributed by atoms with Gasteiger partial charge in [0.25, 0.3) is 0 Å². The average molecular weight is 214 g/mol. The maximum Gasteiger partial charge on any atom is 0.0510 e. The molecule has 0 bridgehead atoms. The van der Waals surface area contributed by atoms with Crippen LogP contribution >= 0.6 is 11.8 Å². The summed E-state index contributed by atoms with van der Waals surface area (Å²) < 4.78 is 0. The van der Waals surface area contributed by atoms with Crippen LogP contribution in [0.15, 0.2) is 11.6 Å². The van der Waals surface area contributed by atoms with E-state index < -0.39 is 0 Å². The van der Waals surface area contributed by atoms with Gasteiger partial charge in [0.1, 0.15) is 0 Å². The van der Waals surface area contributed by atoms with Gasteiger partial charge >= 0.3 is 0 Å². The lowest BCUT2D eigenvalue weighted by Gasteiger charge is -2.22. The summed E-state index contributed by atoms with van der Waals surface area (Å²) in [5.41, 5.74) is 4.46. The van der Waals surface area contributed by atoms with Gasteiger partial charge in [0, 0.05) is 5.75 Å². The lowest BCUT2D eigenvalue weighted by atomic mass is 9.95. The molecule has 0 aromatic rings. The van der Waals surface area contributed by atoms with Gasteiger partial charge in [-0.05, 0) is 30.9 Å². The molecule has 1 aliphatic carbocycles. The number of nitrogens with two attached hydrogens (primary N) is 1. The summed E-state index contributed by atoms with van der Waals surface area (Å²) in [4.78, 5) is 0. The fourth-order valence-electron chi connectivity index (χ4n) is 1.73. The fourth-order valence-corrected chi connectivity index (χ4v) is 2.62.